The van der Waals surface area contributed by atoms with Gasteiger partial charge in [0.25, 0.3) is 5.91 Å². The van der Waals surface area contributed by atoms with E-state index in [1.54, 1.807) is 0 Å². The number of para-hydroxylation sites is 1. The molecule has 0 unspecified atom stereocenters. The fraction of sp³-hybridized carbons (Fsp3) is 0.286. The molecule has 0 saturated carbocycles. The Hall–Kier alpha value is -2.95. The minimum absolute atomic E-state index is 0.206. The van der Waals surface area contributed by atoms with Crippen LogP contribution in [0.2, 0.25) is 0 Å². The lowest BCUT2D eigenvalue weighted by Gasteiger charge is -2.23. The number of hydrogen-bond acceptors (Lipinski definition) is 3. The van der Waals surface area contributed by atoms with Gasteiger partial charge in [-0.3, -0.25) is 14.6 Å². The highest BCUT2D eigenvalue weighted by atomic mass is 16.2. The highest BCUT2D eigenvalue weighted by Gasteiger charge is 2.31. The minimum Gasteiger partial charge on any atom is -0.326 e. The molecule has 0 spiro atoms. The van der Waals surface area contributed by atoms with E-state index in [-0.39, 0.29) is 23.7 Å². The molecule has 0 aromatic heterocycles. The first-order valence-corrected chi connectivity index (χ1v) is 8.66. The summed E-state index contributed by atoms with van der Waals surface area (Å²) in [6.07, 6.45) is -0.745. The maximum atomic E-state index is 12.6. The fourth-order valence-electron chi connectivity index (χ4n) is 2.94. The zero-order valence-corrected chi connectivity index (χ0v) is 15.2. The zero-order chi connectivity index (χ0) is 18.7. The molecule has 2 aromatic rings. The third-order valence-electron chi connectivity index (χ3n) is 4.16. The van der Waals surface area contributed by atoms with Crippen LogP contribution < -0.4 is 10.6 Å². The Kier molecular flexibility index (Phi) is 4.89. The number of anilines is 1. The summed E-state index contributed by atoms with van der Waals surface area (Å²) >= 11 is 0. The van der Waals surface area contributed by atoms with E-state index in [2.05, 4.69) is 15.6 Å². The Morgan fingerprint density at radius 3 is 2.42 bits per heavy atom. The summed E-state index contributed by atoms with van der Waals surface area (Å²) in [6.45, 7) is 6.13. The van der Waals surface area contributed by atoms with Crippen LogP contribution in [-0.2, 0) is 16.0 Å². The lowest BCUT2D eigenvalue weighted by atomic mass is 9.85. The van der Waals surface area contributed by atoms with E-state index in [1.165, 1.54) is 0 Å². The standard InChI is InChI=1S/C21H23N3O2/c1-21(2,3)18-15-11-7-8-12-16(15)22-20(26)19(24-18)23-17(25)13-14-9-5-4-6-10-14/h4-12,19H,13H2,1-3H3,(H,22,26)(H,23,25)/t19-/m0/s1. The number of hydrogen-bond donors (Lipinski definition) is 2. The highest BCUT2D eigenvalue weighted by Crippen LogP contribution is 2.29. The predicted octanol–water partition coefficient (Wildman–Crippen LogP) is 3.16. The van der Waals surface area contributed by atoms with Crippen molar-refractivity contribution < 1.29 is 9.59 Å². The van der Waals surface area contributed by atoms with Gasteiger partial charge >= 0.3 is 0 Å². The Morgan fingerprint density at radius 1 is 1.08 bits per heavy atom. The van der Waals surface area contributed by atoms with Gasteiger partial charge < -0.3 is 10.6 Å². The number of nitrogens with zero attached hydrogens (tertiary/aromatic N) is 1. The minimum atomic E-state index is -0.951. The van der Waals surface area contributed by atoms with Crippen LogP contribution in [0.3, 0.4) is 0 Å². The Morgan fingerprint density at radius 2 is 1.73 bits per heavy atom. The van der Waals surface area contributed by atoms with Gasteiger partial charge in [-0.05, 0) is 11.6 Å². The quantitative estimate of drug-likeness (QED) is 0.893. The average molecular weight is 349 g/mol. The first-order valence-electron chi connectivity index (χ1n) is 8.66. The number of aliphatic imine (C=N–C) groups is 1. The predicted molar refractivity (Wildman–Crippen MR) is 103 cm³/mol. The van der Waals surface area contributed by atoms with E-state index in [1.807, 2.05) is 75.4 Å². The summed E-state index contributed by atoms with van der Waals surface area (Å²) < 4.78 is 0. The molecule has 0 radical (unpaired) electrons. The van der Waals surface area contributed by atoms with Crippen LogP contribution in [0.25, 0.3) is 0 Å². The second-order valence-corrected chi connectivity index (χ2v) is 7.39. The monoisotopic (exact) mass is 349 g/mol. The van der Waals surface area contributed by atoms with Crippen molar-refractivity contribution in [2.75, 3.05) is 5.32 Å². The van der Waals surface area contributed by atoms with Crippen molar-refractivity contribution in [1.82, 2.24) is 5.32 Å². The number of benzene rings is 2. The third-order valence-corrected chi connectivity index (χ3v) is 4.16. The van der Waals surface area contributed by atoms with Crippen LogP contribution >= 0.6 is 0 Å². The highest BCUT2D eigenvalue weighted by molar-refractivity contribution is 6.14. The third kappa shape index (κ3) is 3.99. The topological polar surface area (TPSA) is 70.6 Å². The summed E-state index contributed by atoms with van der Waals surface area (Å²) in [4.78, 5) is 29.6. The van der Waals surface area contributed by atoms with Crippen LogP contribution in [0.15, 0.2) is 59.6 Å². The number of fused-ring (bicyclic) bond motifs is 1. The Bertz CT molecular complexity index is 851. The molecule has 26 heavy (non-hydrogen) atoms. The SMILES string of the molecule is CC(C)(C)C1=N[C@H](NC(=O)Cc2ccccc2)C(=O)Nc2ccccc21. The average Bonchev–Trinajstić information content (AvgIpc) is 2.72. The van der Waals surface area contributed by atoms with Crippen LogP contribution in [0.1, 0.15) is 31.9 Å². The van der Waals surface area contributed by atoms with E-state index >= 15 is 0 Å². The lowest BCUT2D eigenvalue weighted by molar-refractivity contribution is -0.125. The van der Waals surface area contributed by atoms with E-state index in [0.717, 1.165) is 16.8 Å². The van der Waals surface area contributed by atoms with Crippen LogP contribution in [0.4, 0.5) is 5.69 Å². The van der Waals surface area contributed by atoms with Gasteiger partial charge in [0.1, 0.15) is 0 Å². The summed E-state index contributed by atoms with van der Waals surface area (Å²) in [5.74, 6) is -0.572. The Balaban J connectivity index is 1.87. The van der Waals surface area contributed by atoms with Gasteiger partial charge in [0.15, 0.2) is 0 Å². The van der Waals surface area contributed by atoms with Gasteiger partial charge in [0.2, 0.25) is 12.1 Å². The van der Waals surface area contributed by atoms with Crippen molar-refractivity contribution in [3.8, 4) is 0 Å². The van der Waals surface area contributed by atoms with Crippen molar-refractivity contribution >= 4 is 23.2 Å². The molecule has 1 atom stereocenters. The number of carbonyl (C=O) groups is 2. The van der Waals surface area contributed by atoms with Crippen molar-refractivity contribution in [1.29, 1.82) is 0 Å². The molecular weight excluding hydrogens is 326 g/mol. The first kappa shape index (κ1) is 17.9. The first-order chi connectivity index (χ1) is 12.3. The lowest BCUT2D eigenvalue weighted by Crippen LogP contribution is -2.43. The van der Waals surface area contributed by atoms with E-state index in [9.17, 15) is 9.59 Å². The summed E-state index contributed by atoms with van der Waals surface area (Å²) in [7, 11) is 0. The van der Waals surface area contributed by atoms with Crippen molar-refractivity contribution in [2.45, 2.75) is 33.4 Å². The largest absolute Gasteiger partial charge is 0.326 e. The summed E-state index contributed by atoms with van der Waals surface area (Å²) in [6, 6.07) is 17.0. The molecule has 0 bridgehead atoms. The van der Waals surface area contributed by atoms with E-state index in [4.69, 9.17) is 0 Å². The van der Waals surface area contributed by atoms with Crippen LogP contribution in [0.5, 0.6) is 0 Å². The van der Waals surface area contributed by atoms with Gasteiger partial charge in [-0.25, -0.2) is 0 Å². The van der Waals surface area contributed by atoms with Crippen molar-refractivity contribution in [2.24, 2.45) is 10.4 Å². The molecule has 5 nitrogen and oxygen atoms in total. The van der Waals surface area contributed by atoms with Crippen LogP contribution in [-0.4, -0.2) is 23.7 Å². The smallest absolute Gasteiger partial charge is 0.269 e. The van der Waals surface area contributed by atoms with Crippen LogP contribution in [0, 0.1) is 5.41 Å². The molecule has 5 heteroatoms. The molecule has 0 saturated heterocycles. The molecule has 2 N–H and O–H groups in total. The van der Waals surface area contributed by atoms with E-state index in [0.29, 0.717) is 5.69 Å². The number of rotatable bonds is 3. The van der Waals surface area contributed by atoms with Gasteiger partial charge in [-0.1, -0.05) is 69.3 Å². The molecule has 1 heterocycles. The van der Waals surface area contributed by atoms with Crippen molar-refractivity contribution in [3.63, 3.8) is 0 Å². The molecule has 1 aliphatic heterocycles. The number of amides is 2. The number of nitrogens with one attached hydrogen (secondary N) is 2. The van der Waals surface area contributed by atoms with Gasteiger partial charge in [-0.15, -0.1) is 0 Å². The molecular formula is C21H23N3O2. The van der Waals surface area contributed by atoms with E-state index < -0.39 is 6.17 Å². The normalized spacial score (nSPS) is 16.8. The molecule has 134 valence electrons. The van der Waals surface area contributed by atoms with Crippen molar-refractivity contribution in [3.05, 3.63) is 65.7 Å². The molecule has 3 rings (SSSR count). The molecule has 2 aromatic carbocycles. The second kappa shape index (κ2) is 7.12. The molecule has 0 fully saturated rings. The fourth-order valence-corrected chi connectivity index (χ4v) is 2.94. The van der Waals surface area contributed by atoms with Gasteiger partial charge in [0.05, 0.1) is 12.1 Å². The molecule has 2 amide bonds. The second-order valence-electron chi connectivity index (χ2n) is 7.39. The summed E-state index contributed by atoms with van der Waals surface area (Å²) in [5.41, 5.74) is 3.00. The maximum Gasteiger partial charge on any atom is 0.269 e. The van der Waals surface area contributed by atoms with Gasteiger partial charge in [0, 0.05) is 16.7 Å². The van der Waals surface area contributed by atoms with Gasteiger partial charge in [-0.2, -0.15) is 0 Å². The molecule has 1 aliphatic rings. The number of carbonyl (C=O) groups excluding carboxylic acids is 2. The summed E-state index contributed by atoms with van der Waals surface area (Å²) in [5, 5.41) is 5.63. The maximum absolute atomic E-state index is 12.6. The zero-order valence-electron chi connectivity index (χ0n) is 15.2. The molecule has 0 aliphatic carbocycles. The Labute approximate surface area is 153 Å². The number of benzodiazepines with no additional fused rings is 1.